The number of hydrogen-bond acceptors (Lipinski definition) is 3. The van der Waals surface area contributed by atoms with Crippen LogP contribution in [-0.4, -0.2) is 11.0 Å². The Bertz CT molecular complexity index is 593. The van der Waals surface area contributed by atoms with E-state index in [-0.39, 0.29) is 17.8 Å². The molecule has 1 atom stereocenters. The zero-order valence-corrected chi connectivity index (χ0v) is 9.55. The third-order valence-corrected chi connectivity index (χ3v) is 2.97. The molecule has 1 aliphatic heterocycles. The first-order valence-corrected chi connectivity index (χ1v) is 5.69. The standard InChI is InChI=1S/C14H12N2O2/c17-10-7-5-9(6-8-10)13-15-12-4-2-1-3-11(12)14(18)16-13/h1-8,13,15,17H,(H,16,18). The van der Waals surface area contributed by atoms with Crippen molar-refractivity contribution < 1.29 is 9.90 Å². The minimum atomic E-state index is -0.270. The molecule has 1 heterocycles. The fourth-order valence-corrected chi connectivity index (χ4v) is 2.04. The van der Waals surface area contributed by atoms with Crippen molar-refractivity contribution in [2.24, 2.45) is 0 Å². The van der Waals surface area contributed by atoms with Gasteiger partial charge in [0.05, 0.1) is 5.56 Å². The van der Waals surface area contributed by atoms with Crippen LogP contribution in [0.5, 0.6) is 5.75 Å². The summed E-state index contributed by atoms with van der Waals surface area (Å²) < 4.78 is 0. The van der Waals surface area contributed by atoms with Gasteiger partial charge in [-0.3, -0.25) is 4.79 Å². The molecular formula is C14H12N2O2. The normalized spacial score (nSPS) is 17.6. The fourth-order valence-electron chi connectivity index (χ4n) is 2.04. The molecule has 0 saturated carbocycles. The molecule has 0 aliphatic carbocycles. The molecule has 1 amide bonds. The van der Waals surface area contributed by atoms with Crippen LogP contribution in [-0.2, 0) is 0 Å². The van der Waals surface area contributed by atoms with Crippen molar-refractivity contribution in [2.45, 2.75) is 6.17 Å². The summed E-state index contributed by atoms with van der Waals surface area (Å²) in [6.45, 7) is 0. The number of nitrogens with one attached hydrogen (secondary N) is 2. The number of para-hydroxylation sites is 1. The van der Waals surface area contributed by atoms with E-state index in [0.29, 0.717) is 5.56 Å². The first-order chi connectivity index (χ1) is 8.74. The van der Waals surface area contributed by atoms with Crippen molar-refractivity contribution in [3.8, 4) is 5.75 Å². The number of anilines is 1. The predicted molar refractivity (Wildman–Crippen MR) is 68.4 cm³/mol. The van der Waals surface area contributed by atoms with Crippen LogP contribution in [0.15, 0.2) is 48.5 Å². The Hall–Kier alpha value is -2.49. The lowest BCUT2D eigenvalue weighted by molar-refractivity contribution is 0.0935. The molecule has 2 aromatic rings. The zero-order valence-electron chi connectivity index (χ0n) is 9.55. The Kier molecular flexibility index (Phi) is 2.41. The topological polar surface area (TPSA) is 61.4 Å². The number of rotatable bonds is 1. The van der Waals surface area contributed by atoms with E-state index >= 15 is 0 Å². The second kappa shape index (κ2) is 4.07. The van der Waals surface area contributed by atoms with Crippen molar-refractivity contribution in [1.82, 2.24) is 5.32 Å². The molecule has 0 aromatic heterocycles. The summed E-state index contributed by atoms with van der Waals surface area (Å²) in [5.41, 5.74) is 2.36. The van der Waals surface area contributed by atoms with Gasteiger partial charge in [0.15, 0.2) is 0 Å². The van der Waals surface area contributed by atoms with Gasteiger partial charge in [-0.2, -0.15) is 0 Å². The molecule has 0 saturated heterocycles. The molecule has 0 fully saturated rings. The largest absolute Gasteiger partial charge is 0.508 e. The van der Waals surface area contributed by atoms with Crippen LogP contribution in [0.1, 0.15) is 22.1 Å². The van der Waals surface area contributed by atoms with E-state index < -0.39 is 0 Å². The van der Waals surface area contributed by atoms with Crippen LogP contribution in [0.3, 0.4) is 0 Å². The Balaban J connectivity index is 1.94. The van der Waals surface area contributed by atoms with E-state index in [1.165, 1.54) is 0 Å². The lowest BCUT2D eigenvalue weighted by atomic mass is 10.1. The van der Waals surface area contributed by atoms with Gasteiger partial charge in [0, 0.05) is 5.69 Å². The van der Waals surface area contributed by atoms with E-state index in [4.69, 9.17) is 0 Å². The summed E-state index contributed by atoms with van der Waals surface area (Å²) in [5.74, 6) is 0.115. The number of benzene rings is 2. The van der Waals surface area contributed by atoms with Crippen molar-refractivity contribution in [2.75, 3.05) is 5.32 Å². The summed E-state index contributed by atoms with van der Waals surface area (Å²) in [6.07, 6.45) is -0.270. The van der Waals surface area contributed by atoms with Gasteiger partial charge in [-0.15, -0.1) is 0 Å². The van der Waals surface area contributed by atoms with Gasteiger partial charge in [-0.05, 0) is 29.8 Å². The monoisotopic (exact) mass is 240 g/mol. The molecule has 2 aromatic carbocycles. The smallest absolute Gasteiger partial charge is 0.255 e. The van der Waals surface area contributed by atoms with Gasteiger partial charge in [0.1, 0.15) is 11.9 Å². The summed E-state index contributed by atoms with van der Waals surface area (Å²) in [7, 11) is 0. The molecule has 0 radical (unpaired) electrons. The summed E-state index contributed by atoms with van der Waals surface area (Å²) in [4.78, 5) is 11.9. The van der Waals surface area contributed by atoms with E-state index in [2.05, 4.69) is 10.6 Å². The molecule has 3 N–H and O–H groups in total. The number of fused-ring (bicyclic) bond motifs is 1. The fraction of sp³-hybridized carbons (Fsp3) is 0.0714. The number of phenolic OH excluding ortho intramolecular Hbond substituents is 1. The van der Waals surface area contributed by atoms with Crippen LogP contribution in [0.4, 0.5) is 5.69 Å². The molecule has 4 nitrogen and oxygen atoms in total. The average Bonchev–Trinajstić information content (AvgIpc) is 2.39. The van der Waals surface area contributed by atoms with Crippen LogP contribution in [0, 0.1) is 0 Å². The van der Waals surface area contributed by atoms with Crippen LogP contribution >= 0.6 is 0 Å². The Morgan fingerprint density at radius 2 is 1.67 bits per heavy atom. The molecule has 0 spiro atoms. The number of phenols is 1. The minimum absolute atomic E-state index is 0.0950. The molecule has 1 unspecified atom stereocenters. The highest BCUT2D eigenvalue weighted by atomic mass is 16.3. The molecule has 1 aliphatic rings. The van der Waals surface area contributed by atoms with Gasteiger partial charge in [-0.25, -0.2) is 0 Å². The van der Waals surface area contributed by atoms with Crippen LogP contribution in [0.2, 0.25) is 0 Å². The highest BCUT2D eigenvalue weighted by Crippen LogP contribution is 2.26. The average molecular weight is 240 g/mol. The van der Waals surface area contributed by atoms with E-state index in [1.807, 2.05) is 18.2 Å². The maximum Gasteiger partial charge on any atom is 0.255 e. The third-order valence-electron chi connectivity index (χ3n) is 2.97. The lowest BCUT2D eigenvalue weighted by Crippen LogP contribution is -2.38. The van der Waals surface area contributed by atoms with Crippen molar-refractivity contribution in [1.29, 1.82) is 0 Å². The number of carbonyl (C=O) groups is 1. The second-order valence-electron chi connectivity index (χ2n) is 4.19. The predicted octanol–water partition coefficient (Wildman–Crippen LogP) is 2.25. The second-order valence-corrected chi connectivity index (χ2v) is 4.19. The molecular weight excluding hydrogens is 228 g/mol. The number of hydrogen-bond donors (Lipinski definition) is 3. The Morgan fingerprint density at radius 1 is 0.944 bits per heavy atom. The first kappa shape index (κ1) is 10.7. The van der Waals surface area contributed by atoms with Crippen molar-refractivity contribution >= 4 is 11.6 Å². The van der Waals surface area contributed by atoms with Gasteiger partial charge in [-0.1, -0.05) is 24.3 Å². The molecule has 18 heavy (non-hydrogen) atoms. The number of amides is 1. The van der Waals surface area contributed by atoms with Crippen molar-refractivity contribution in [3.05, 3.63) is 59.7 Å². The van der Waals surface area contributed by atoms with Gasteiger partial charge >= 0.3 is 0 Å². The van der Waals surface area contributed by atoms with Gasteiger partial charge < -0.3 is 15.7 Å². The first-order valence-electron chi connectivity index (χ1n) is 5.69. The van der Waals surface area contributed by atoms with E-state index in [0.717, 1.165) is 11.3 Å². The maximum absolute atomic E-state index is 11.9. The SMILES string of the molecule is O=C1NC(c2ccc(O)cc2)Nc2ccccc21. The highest BCUT2D eigenvalue weighted by molar-refractivity contribution is 6.01. The van der Waals surface area contributed by atoms with E-state index in [9.17, 15) is 9.90 Å². The number of aromatic hydroxyl groups is 1. The summed E-state index contributed by atoms with van der Waals surface area (Å²) in [6, 6.07) is 14.1. The maximum atomic E-state index is 11.9. The zero-order chi connectivity index (χ0) is 12.5. The molecule has 0 bridgehead atoms. The lowest BCUT2D eigenvalue weighted by Gasteiger charge is -2.28. The molecule has 90 valence electrons. The molecule has 3 rings (SSSR count). The third kappa shape index (κ3) is 1.78. The summed E-state index contributed by atoms with van der Waals surface area (Å²) in [5, 5.41) is 15.4. The van der Waals surface area contributed by atoms with Crippen LogP contribution < -0.4 is 10.6 Å². The quantitative estimate of drug-likeness (QED) is 0.716. The number of carbonyl (C=O) groups excluding carboxylic acids is 1. The highest BCUT2D eigenvalue weighted by Gasteiger charge is 2.23. The van der Waals surface area contributed by atoms with Crippen molar-refractivity contribution in [3.63, 3.8) is 0 Å². The summed E-state index contributed by atoms with van der Waals surface area (Å²) >= 11 is 0. The Morgan fingerprint density at radius 3 is 2.44 bits per heavy atom. The van der Waals surface area contributed by atoms with E-state index in [1.54, 1.807) is 30.3 Å². The van der Waals surface area contributed by atoms with Crippen LogP contribution in [0.25, 0.3) is 0 Å². The minimum Gasteiger partial charge on any atom is -0.508 e. The Labute approximate surface area is 104 Å². The van der Waals surface area contributed by atoms with Gasteiger partial charge in [0.25, 0.3) is 5.91 Å². The molecule has 4 heteroatoms. The van der Waals surface area contributed by atoms with Gasteiger partial charge in [0.2, 0.25) is 0 Å².